The highest BCUT2D eigenvalue weighted by molar-refractivity contribution is 5.52. The topological polar surface area (TPSA) is 39.1 Å². The fourth-order valence-electron chi connectivity index (χ4n) is 2.07. The zero-order chi connectivity index (χ0) is 15.6. The Morgan fingerprint density at radius 3 is 2.67 bits per heavy atom. The van der Waals surface area contributed by atoms with Gasteiger partial charge >= 0.3 is 0 Å². The molecular weight excluding hydrogens is 276 g/mol. The van der Waals surface area contributed by atoms with Crippen LogP contribution < -0.4 is 10.1 Å². The van der Waals surface area contributed by atoms with Crippen LogP contribution in [0.3, 0.4) is 0 Å². The molecule has 6 heteroatoms. The number of rotatable bonds is 5. The van der Waals surface area contributed by atoms with Crippen LogP contribution in [0.5, 0.6) is 5.88 Å². The second-order valence-corrected chi connectivity index (χ2v) is 4.82. The van der Waals surface area contributed by atoms with E-state index in [4.69, 9.17) is 4.74 Å². The summed E-state index contributed by atoms with van der Waals surface area (Å²) in [4.78, 5) is 0. The number of nitrogens with one attached hydrogen (secondary N) is 1. The van der Waals surface area contributed by atoms with Gasteiger partial charge in [-0.1, -0.05) is 0 Å². The van der Waals surface area contributed by atoms with Crippen molar-refractivity contribution in [2.24, 2.45) is 0 Å². The molecule has 1 N–H and O–H groups in total. The van der Waals surface area contributed by atoms with Crippen molar-refractivity contribution in [2.45, 2.75) is 34.1 Å². The number of halogens is 2. The van der Waals surface area contributed by atoms with Gasteiger partial charge in [-0.3, -0.25) is 0 Å². The van der Waals surface area contributed by atoms with Crippen LogP contribution in [0, 0.1) is 19.7 Å². The van der Waals surface area contributed by atoms with E-state index in [1.54, 1.807) is 17.7 Å². The smallest absolute Gasteiger partial charge is 0.238 e. The zero-order valence-electron chi connectivity index (χ0n) is 12.6. The molecular formula is C15H19F2N3O. The molecule has 0 amide bonds. The fourth-order valence-corrected chi connectivity index (χ4v) is 2.07. The van der Waals surface area contributed by atoms with E-state index in [0.29, 0.717) is 17.9 Å². The average Bonchev–Trinajstić information content (AvgIpc) is 2.66. The highest BCUT2D eigenvalue weighted by atomic mass is 19.1. The molecule has 0 saturated heterocycles. The third-order valence-corrected chi connectivity index (χ3v) is 3.15. The van der Waals surface area contributed by atoms with E-state index in [1.165, 1.54) is 19.1 Å². The second-order valence-electron chi connectivity index (χ2n) is 4.82. The molecule has 21 heavy (non-hydrogen) atoms. The molecule has 2 rings (SSSR count). The minimum atomic E-state index is -1.45. The summed E-state index contributed by atoms with van der Waals surface area (Å²) in [5.74, 6) is -0.144. The highest BCUT2D eigenvalue weighted by Gasteiger charge is 2.16. The maximum Gasteiger partial charge on any atom is 0.238 e. The molecule has 0 aliphatic rings. The first-order valence-corrected chi connectivity index (χ1v) is 6.84. The molecule has 0 fully saturated rings. The number of aromatic nitrogens is 2. The van der Waals surface area contributed by atoms with Crippen molar-refractivity contribution in [1.29, 1.82) is 0 Å². The minimum absolute atomic E-state index is 0.219. The summed E-state index contributed by atoms with van der Waals surface area (Å²) in [7, 11) is 0. The molecule has 0 spiro atoms. The van der Waals surface area contributed by atoms with E-state index in [2.05, 4.69) is 10.4 Å². The van der Waals surface area contributed by atoms with Gasteiger partial charge < -0.3 is 10.1 Å². The minimum Gasteiger partial charge on any atom is -0.442 e. The van der Waals surface area contributed by atoms with Gasteiger partial charge in [0.2, 0.25) is 12.2 Å². The molecule has 114 valence electrons. The standard InChI is InChI=1S/C15H19F2N3O/c1-5-18-13-6-12(17)7-14(8-13)20-10(3)9(2)15(19-20)21-11(4)16/h6-8,11,18H,5H2,1-4H3. The lowest BCUT2D eigenvalue weighted by atomic mass is 10.2. The van der Waals surface area contributed by atoms with Gasteiger partial charge in [0.25, 0.3) is 0 Å². The van der Waals surface area contributed by atoms with E-state index < -0.39 is 6.36 Å². The van der Waals surface area contributed by atoms with Gasteiger partial charge in [0.1, 0.15) is 5.82 Å². The Morgan fingerprint density at radius 1 is 1.33 bits per heavy atom. The summed E-state index contributed by atoms with van der Waals surface area (Å²) in [6.07, 6.45) is -1.45. The Labute approximate surface area is 122 Å². The van der Waals surface area contributed by atoms with Crippen LogP contribution >= 0.6 is 0 Å². The third-order valence-electron chi connectivity index (χ3n) is 3.15. The first kappa shape index (κ1) is 15.3. The summed E-state index contributed by atoms with van der Waals surface area (Å²) in [5, 5.41) is 7.28. The molecule has 0 bridgehead atoms. The lowest BCUT2D eigenvalue weighted by Gasteiger charge is -2.09. The third kappa shape index (κ3) is 3.32. The molecule has 4 nitrogen and oxygen atoms in total. The number of anilines is 1. The number of benzene rings is 1. The zero-order valence-corrected chi connectivity index (χ0v) is 12.6. The molecule has 0 aliphatic heterocycles. The monoisotopic (exact) mass is 295 g/mol. The summed E-state index contributed by atoms with van der Waals surface area (Å²) in [5.41, 5.74) is 2.74. The molecule has 2 aromatic rings. The van der Waals surface area contributed by atoms with Crippen LogP contribution in [-0.4, -0.2) is 22.7 Å². The predicted molar refractivity (Wildman–Crippen MR) is 78.4 cm³/mol. The van der Waals surface area contributed by atoms with Crippen LogP contribution in [0.25, 0.3) is 5.69 Å². The Morgan fingerprint density at radius 2 is 2.05 bits per heavy atom. The molecule has 0 aliphatic carbocycles. The molecule has 1 atom stereocenters. The predicted octanol–water partition coefficient (Wildman–Crippen LogP) is 3.75. The number of hydrogen-bond acceptors (Lipinski definition) is 3. The molecule has 1 aromatic heterocycles. The molecule has 1 heterocycles. The van der Waals surface area contributed by atoms with Crippen molar-refractivity contribution in [1.82, 2.24) is 9.78 Å². The lowest BCUT2D eigenvalue weighted by Crippen LogP contribution is -2.06. The van der Waals surface area contributed by atoms with Crippen molar-refractivity contribution < 1.29 is 13.5 Å². The lowest BCUT2D eigenvalue weighted by molar-refractivity contribution is 0.0797. The molecule has 0 saturated carbocycles. The number of alkyl halides is 1. The highest BCUT2D eigenvalue weighted by Crippen LogP contribution is 2.26. The Bertz CT molecular complexity index is 638. The Kier molecular flexibility index (Phi) is 4.45. The summed E-state index contributed by atoms with van der Waals surface area (Å²) in [6.45, 7) is 7.53. The summed E-state index contributed by atoms with van der Waals surface area (Å²) < 4.78 is 33.3. The van der Waals surface area contributed by atoms with E-state index in [-0.39, 0.29) is 11.7 Å². The van der Waals surface area contributed by atoms with E-state index in [0.717, 1.165) is 11.3 Å². The van der Waals surface area contributed by atoms with Crippen molar-refractivity contribution in [2.75, 3.05) is 11.9 Å². The quantitative estimate of drug-likeness (QED) is 0.913. The van der Waals surface area contributed by atoms with Crippen LogP contribution in [0.15, 0.2) is 18.2 Å². The van der Waals surface area contributed by atoms with Crippen molar-refractivity contribution in [3.63, 3.8) is 0 Å². The van der Waals surface area contributed by atoms with Gasteiger partial charge in [-0.05, 0) is 39.0 Å². The molecule has 0 radical (unpaired) electrons. The van der Waals surface area contributed by atoms with Crippen LogP contribution in [0.2, 0.25) is 0 Å². The van der Waals surface area contributed by atoms with Crippen molar-refractivity contribution in [3.05, 3.63) is 35.3 Å². The first-order valence-electron chi connectivity index (χ1n) is 6.84. The molecule has 1 aromatic carbocycles. The maximum atomic E-state index is 13.7. The van der Waals surface area contributed by atoms with Gasteiger partial charge in [0.15, 0.2) is 0 Å². The van der Waals surface area contributed by atoms with Gasteiger partial charge in [0.05, 0.1) is 5.69 Å². The summed E-state index contributed by atoms with van der Waals surface area (Å²) >= 11 is 0. The molecule has 1 unspecified atom stereocenters. The van der Waals surface area contributed by atoms with Gasteiger partial charge in [-0.2, -0.15) is 0 Å². The second kappa shape index (κ2) is 6.11. The number of nitrogens with zero attached hydrogens (tertiary/aromatic N) is 2. The van der Waals surface area contributed by atoms with E-state index >= 15 is 0 Å². The van der Waals surface area contributed by atoms with Gasteiger partial charge in [-0.25, -0.2) is 13.5 Å². The number of hydrogen-bond donors (Lipinski definition) is 1. The Hall–Kier alpha value is -2.11. The first-order chi connectivity index (χ1) is 9.92. The van der Waals surface area contributed by atoms with Crippen molar-refractivity contribution >= 4 is 5.69 Å². The maximum absolute atomic E-state index is 13.7. The van der Waals surface area contributed by atoms with Crippen LogP contribution in [0.4, 0.5) is 14.5 Å². The largest absolute Gasteiger partial charge is 0.442 e. The fraction of sp³-hybridized carbons (Fsp3) is 0.400. The van der Waals surface area contributed by atoms with Crippen molar-refractivity contribution in [3.8, 4) is 11.6 Å². The normalized spacial score (nSPS) is 12.3. The average molecular weight is 295 g/mol. The van der Waals surface area contributed by atoms with Gasteiger partial charge in [0, 0.05) is 30.4 Å². The Balaban J connectivity index is 2.46. The van der Waals surface area contributed by atoms with Gasteiger partial charge in [-0.15, -0.1) is 5.10 Å². The SMILES string of the molecule is CCNc1cc(F)cc(-n2nc(OC(C)F)c(C)c2C)c1. The van der Waals surface area contributed by atoms with Crippen LogP contribution in [-0.2, 0) is 0 Å². The van der Waals surface area contributed by atoms with E-state index in [9.17, 15) is 8.78 Å². The van der Waals surface area contributed by atoms with E-state index in [1.807, 2.05) is 13.8 Å². The number of ether oxygens (including phenoxy) is 1. The summed E-state index contributed by atoms with van der Waals surface area (Å²) in [6, 6.07) is 4.58. The van der Waals surface area contributed by atoms with Crippen LogP contribution in [0.1, 0.15) is 25.1 Å².